The monoisotopic (exact) mass is 432 g/mol. The van der Waals surface area contributed by atoms with Crippen LogP contribution in [0.15, 0.2) is 66.7 Å². The first-order valence-electron chi connectivity index (χ1n) is 10.5. The maximum atomic E-state index is 13.4. The third kappa shape index (κ3) is 5.74. The molecule has 3 aromatic carbocycles. The minimum atomic E-state index is -0.247. The van der Waals surface area contributed by atoms with Gasteiger partial charge in [0.25, 0.3) is 5.91 Å². The Kier molecular flexibility index (Phi) is 8.00. The van der Waals surface area contributed by atoms with E-state index in [1.165, 1.54) is 0 Å². The summed E-state index contributed by atoms with van der Waals surface area (Å²) in [7, 11) is 1.68. The van der Waals surface area contributed by atoms with Crippen LogP contribution in [0.4, 0.5) is 5.69 Å². The summed E-state index contributed by atoms with van der Waals surface area (Å²) < 4.78 is 6.22. The van der Waals surface area contributed by atoms with Crippen molar-refractivity contribution >= 4 is 18.0 Å². The average Bonchev–Trinajstić information content (AvgIpc) is 2.79. The zero-order valence-electron chi connectivity index (χ0n) is 18.4. The van der Waals surface area contributed by atoms with Crippen molar-refractivity contribution in [3.63, 3.8) is 0 Å². The number of ether oxygens (including phenoxy) is 1. The molecule has 0 unspecified atom stereocenters. The highest BCUT2D eigenvalue weighted by Gasteiger charge is 2.24. The largest absolute Gasteiger partial charge is 0.457 e. The molecule has 0 aliphatic heterocycles. The van der Waals surface area contributed by atoms with E-state index in [1.807, 2.05) is 61.5 Å². The highest BCUT2D eigenvalue weighted by Crippen LogP contribution is 2.35. The maximum Gasteiger partial charge on any atom is 0.256 e. The molecule has 0 atom stereocenters. The molecule has 3 aromatic rings. The molecule has 32 heavy (non-hydrogen) atoms. The number of rotatable bonds is 10. The second-order valence-electron chi connectivity index (χ2n) is 7.61. The Hall–Kier alpha value is -3.64. The van der Waals surface area contributed by atoms with Crippen LogP contribution in [0.2, 0.25) is 0 Å². The normalized spacial score (nSPS) is 10.5. The minimum Gasteiger partial charge on any atom is -0.457 e. The van der Waals surface area contributed by atoms with Gasteiger partial charge in [-0.2, -0.15) is 0 Å². The van der Waals surface area contributed by atoms with Crippen LogP contribution in [0.25, 0.3) is 0 Å². The van der Waals surface area contributed by atoms with Gasteiger partial charge in [0, 0.05) is 32.2 Å². The molecule has 3 rings (SSSR count). The zero-order valence-corrected chi connectivity index (χ0v) is 18.4. The maximum absolute atomic E-state index is 13.4. The van der Waals surface area contributed by atoms with Gasteiger partial charge in [0.05, 0.1) is 11.3 Å². The van der Waals surface area contributed by atoms with Crippen molar-refractivity contribution < 1.29 is 19.4 Å². The zero-order chi connectivity index (χ0) is 22.9. The fourth-order valence-electron chi connectivity index (χ4n) is 3.53. The van der Waals surface area contributed by atoms with E-state index in [0.717, 1.165) is 11.1 Å². The lowest BCUT2D eigenvalue weighted by molar-refractivity contribution is -0.105. The van der Waals surface area contributed by atoms with Crippen molar-refractivity contribution in [3.05, 3.63) is 89.0 Å². The number of nitrogens with zero attached hydrogens (tertiary/aromatic N) is 1. The molecule has 0 spiro atoms. The van der Waals surface area contributed by atoms with Crippen molar-refractivity contribution in [2.75, 3.05) is 25.5 Å². The van der Waals surface area contributed by atoms with Gasteiger partial charge >= 0.3 is 0 Å². The van der Waals surface area contributed by atoms with Crippen molar-refractivity contribution in [1.82, 2.24) is 4.90 Å². The molecule has 0 aliphatic carbocycles. The number of anilines is 1. The van der Waals surface area contributed by atoms with Gasteiger partial charge in [0.1, 0.15) is 11.5 Å². The van der Waals surface area contributed by atoms with E-state index in [9.17, 15) is 9.59 Å². The van der Waals surface area contributed by atoms with Crippen molar-refractivity contribution in [1.29, 1.82) is 0 Å². The Morgan fingerprint density at radius 3 is 2.56 bits per heavy atom. The predicted octanol–water partition coefficient (Wildman–Crippen LogP) is 4.40. The summed E-state index contributed by atoms with van der Waals surface area (Å²) in [6.07, 6.45) is 1.48. The molecule has 6 heteroatoms. The Balaban J connectivity index is 2.13. The second-order valence-corrected chi connectivity index (χ2v) is 7.61. The minimum absolute atomic E-state index is 0.00948. The summed E-state index contributed by atoms with van der Waals surface area (Å²) >= 11 is 0. The highest BCUT2D eigenvalue weighted by atomic mass is 16.5. The summed E-state index contributed by atoms with van der Waals surface area (Å²) in [4.78, 5) is 26.3. The summed E-state index contributed by atoms with van der Waals surface area (Å²) in [5, 5.41) is 11.8. The van der Waals surface area contributed by atoms with Gasteiger partial charge in [0.15, 0.2) is 0 Å². The van der Waals surface area contributed by atoms with E-state index in [4.69, 9.17) is 9.84 Å². The Labute approximate surface area is 188 Å². The lowest BCUT2D eigenvalue weighted by Crippen LogP contribution is -2.30. The predicted molar refractivity (Wildman–Crippen MR) is 125 cm³/mol. The van der Waals surface area contributed by atoms with Crippen LogP contribution >= 0.6 is 0 Å². The van der Waals surface area contributed by atoms with Gasteiger partial charge in [-0.05, 0) is 48.7 Å². The lowest BCUT2D eigenvalue weighted by Gasteiger charge is -2.23. The molecule has 0 fully saturated rings. The van der Waals surface area contributed by atoms with E-state index >= 15 is 0 Å². The Morgan fingerprint density at radius 2 is 1.88 bits per heavy atom. The lowest BCUT2D eigenvalue weighted by atomic mass is 9.96. The van der Waals surface area contributed by atoms with Crippen LogP contribution < -0.4 is 10.1 Å². The number of amides is 2. The van der Waals surface area contributed by atoms with E-state index in [1.54, 1.807) is 24.1 Å². The smallest absolute Gasteiger partial charge is 0.256 e. The highest BCUT2D eigenvalue weighted by molar-refractivity contribution is 6.03. The topological polar surface area (TPSA) is 78.9 Å². The first-order chi connectivity index (χ1) is 15.5. The fourth-order valence-corrected chi connectivity index (χ4v) is 3.53. The molecule has 0 aromatic heterocycles. The van der Waals surface area contributed by atoms with Crippen LogP contribution in [0.3, 0.4) is 0 Å². The van der Waals surface area contributed by atoms with Crippen molar-refractivity contribution in [2.24, 2.45) is 0 Å². The van der Waals surface area contributed by atoms with Crippen LogP contribution in [-0.4, -0.2) is 42.5 Å². The third-order valence-corrected chi connectivity index (χ3v) is 5.14. The number of aliphatic hydroxyl groups excluding tert-OH is 1. The number of aryl methyl sites for hydroxylation is 1. The molecule has 166 valence electrons. The van der Waals surface area contributed by atoms with Crippen LogP contribution in [0.5, 0.6) is 11.5 Å². The summed E-state index contributed by atoms with van der Waals surface area (Å²) in [5.41, 5.74) is 3.56. The number of carbonyl (C=O) groups excluding carboxylic acids is 2. The molecule has 0 saturated heterocycles. The molecule has 2 N–H and O–H groups in total. The molecule has 0 aliphatic rings. The van der Waals surface area contributed by atoms with Crippen LogP contribution in [0, 0.1) is 6.92 Å². The summed E-state index contributed by atoms with van der Waals surface area (Å²) in [6, 6.07) is 20.9. The SMILES string of the molecule is Cc1cccc(Oc2ccc(NC=O)c(C(=O)N(C)CCCO)c2Cc2ccccc2)c1. The first-order valence-corrected chi connectivity index (χ1v) is 10.5. The van der Waals surface area contributed by atoms with Crippen LogP contribution in [0.1, 0.15) is 33.5 Å². The molecular formula is C26H28N2O4. The second kappa shape index (κ2) is 11.1. The van der Waals surface area contributed by atoms with E-state index in [2.05, 4.69) is 5.32 Å². The van der Waals surface area contributed by atoms with Crippen molar-refractivity contribution in [2.45, 2.75) is 19.8 Å². The van der Waals surface area contributed by atoms with Crippen LogP contribution in [-0.2, 0) is 11.2 Å². The quantitative estimate of drug-likeness (QED) is 0.466. The number of carbonyl (C=O) groups is 2. The molecule has 0 heterocycles. The van der Waals surface area contributed by atoms with E-state index in [-0.39, 0.29) is 12.5 Å². The third-order valence-electron chi connectivity index (χ3n) is 5.14. The molecule has 0 saturated carbocycles. The van der Waals surface area contributed by atoms with Gasteiger partial charge in [-0.1, -0.05) is 42.5 Å². The molecular weight excluding hydrogens is 404 g/mol. The molecule has 6 nitrogen and oxygen atoms in total. The van der Waals surface area contributed by atoms with Gasteiger partial charge in [-0.15, -0.1) is 0 Å². The number of nitrogens with one attached hydrogen (secondary N) is 1. The summed E-state index contributed by atoms with van der Waals surface area (Å²) in [5.74, 6) is 0.973. The van der Waals surface area contributed by atoms with Gasteiger partial charge in [0.2, 0.25) is 6.41 Å². The first kappa shape index (κ1) is 23.0. The Bertz CT molecular complexity index is 1070. The summed E-state index contributed by atoms with van der Waals surface area (Å²) in [6.45, 7) is 2.37. The van der Waals surface area contributed by atoms with E-state index < -0.39 is 0 Å². The Morgan fingerprint density at radius 1 is 1.09 bits per heavy atom. The molecule has 0 radical (unpaired) electrons. The molecule has 2 amide bonds. The number of aliphatic hydroxyl groups is 1. The average molecular weight is 433 g/mol. The van der Waals surface area contributed by atoms with Gasteiger partial charge < -0.3 is 20.1 Å². The van der Waals surface area contributed by atoms with Crippen molar-refractivity contribution in [3.8, 4) is 11.5 Å². The van der Waals surface area contributed by atoms with E-state index in [0.29, 0.717) is 54.1 Å². The standard InChI is InChI=1S/C26H28N2O4/c1-19-8-6-11-21(16-19)32-24-13-12-23(27-18-30)25(26(31)28(2)14-7-15-29)22(24)17-20-9-4-3-5-10-20/h3-6,8-13,16,18,29H,7,14-15,17H2,1-2H3,(H,27,30). The van der Waals surface area contributed by atoms with Gasteiger partial charge in [-0.25, -0.2) is 0 Å². The number of benzene rings is 3. The molecule has 0 bridgehead atoms. The number of hydrogen-bond acceptors (Lipinski definition) is 4. The number of hydrogen-bond donors (Lipinski definition) is 2. The fraction of sp³-hybridized carbons (Fsp3) is 0.231. The van der Waals surface area contributed by atoms with Gasteiger partial charge in [-0.3, -0.25) is 9.59 Å².